The van der Waals surface area contributed by atoms with E-state index in [-0.39, 0.29) is 11.5 Å². The summed E-state index contributed by atoms with van der Waals surface area (Å²) in [6, 6.07) is 14.2. The number of pyridine rings is 1. The van der Waals surface area contributed by atoms with Crippen LogP contribution in [0.5, 0.6) is 0 Å². The Morgan fingerprint density at radius 1 is 1.04 bits per heavy atom. The number of carbonyl (C=O) groups excluding carboxylic acids is 1. The van der Waals surface area contributed by atoms with Crippen molar-refractivity contribution < 1.29 is 4.79 Å². The fourth-order valence-electron chi connectivity index (χ4n) is 3.11. The second kappa shape index (κ2) is 7.41. The van der Waals surface area contributed by atoms with Crippen LogP contribution in [-0.4, -0.2) is 34.2 Å². The number of aromatic nitrogens is 3. The zero-order chi connectivity index (χ0) is 18.6. The average molecular weight is 361 g/mol. The Morgan fingerprint density at radius 2 is 1.89 bits per heavy atom. The highest BCUT2D eigenvalue weighted by molar-refractivity contribution is 6.04. The Morgan fingerprint density at radius 3 is 2.59 bits per heavy atom. The molecule has 136 valence electrons. The molecule has 1 aliphatic rings. The van der Waals surface area contributed by atoms with Crippen molar-refractivity contribution in [2.24, 2.45) is 0 Å². The van der Waals surface area contributed by atoms with Crippen molar-refractivity contribution in [2.75, 3.05) is 23.3 Å². The van der Waals surface area contributed by atoms with Crippen molar-refractivity contribution in [1.82, 2.24) is 15.2 Å². The summed E-state index contributed by atoms with van der Waals surface area (Å²) in [5.41, 5.74) is 2.40. The third kappa shape index (κ3) is 3.87. The summed E-state index contributed by atoms with van der Waals surface area (Å²) in [6.45, 7) is 2.06. The molecule has 0 aliphatic carbocycles. The number of hydrogen-bond acceptors (Lipinski definition) is 5. The van der Waals surface area contributed by atoms with Gasteiger partial charge < -0.3 is 15.2 Å². The van der Waals surface area contributed by atoms with Crippen LogP contribution in [0.1, 0.15) is 23.2 Å². The summed E-state index contributed by atoms with van der Waals surface area (Å²) in [5.74, 6) is 0.609. The molecule has 2 aromatic heterocycles. The molecule has 0 spiro atoms. The Labute approximate surface area is 156 Å². The quantitative estimate of drug-likeness (QED) is 0.745. The monoisotopic (exact) mass is 361 g/mol. The van der Waals surface area contributed by atoms with E-state index in [9.17, 15) is 9.59 Å². The van der Waals surface area contributed by atoms with Gasteiger partial charge in [0, 0.05) is 36.6 Å². The Bertz CT molecular complexity index is 987. The maximum Gasteiger partial charge on any atom is 0.257 e. The van der Waals surface area contributed by atoms with Crippen LogP contribution >= 0.6 is 0 Å². The predicted molar refractivity (Wildman–Crippen MR) is 104 cm³/mol. The minimum absolute atomic E-state index is 0.246. The highest BCUT2D eigenvalue weighted by Gasteiger charge is 2.14. The fourth-order valence-corrected chi connectivity index (χ4v) is 3.11. The third-order valence-electron chi connectivity index (χ3n) is 4.54. The van der Waals surface area contributed by atoms with Gasteiger partial charge in [-0.25, -0.2) is 0 Å². The van der Waals surface area contributed by atoms with Gasteiger partial charge in [0.15, 0.2) is 5.82 Å². The third-order valence-corrected chi connectivity index (χ3v) is 4.54. The van der Waals surface area contributed by atoms with Gasteiger partial charge in [0.05, 0.1) is 11.3 Å². The van der Waals surface area contributed by atoms with E-state index < -0.39 is 0 Å². The molecule has 27 heavy (non-hydrogen) atoms. The zero-order valence-electron chi connectivity index (χ0n) is 14.7. The molecule has 0 radical (unpaired) electrons. The van der Waals surface area contributed by atoms with E-state index in [0.29, 0.717) is 11.3 Å². The lowest BCUT2D eigenvalue weighted by Gasteiger charge is -2.15. The number of H-pyrrole nitrogens is 1. The van der Waals surface area contributed by atoms with E-state index in [2.05, 4.69) is 25.4 Å². The van der Waals surface area contributed by atoms with Gasteiger partial charge in [-0.3, -0.25) is 9.59 Å². The molecule has 1 aliphatic heterocycles. The van der Waals surface area contributed by atoms with Crippen LogP contribution in [0.4, 0.5) is 11.5 Å². The van der Waals surface area contributed by atoms with Gasteiger partial charge in [-0.05, 0) is 43.2 Å². The number of carbonyl (C=O) groups is 1. The van der Waals surface area contributed by atoms with Gasteiger partial charge >= 0.3 is 0 Å². The van der Waals surface area contributed by atoms with Crippen LogP contribution in [0, 0.1) is 0 Å². The molecule has 0 unspecified atom stereocenters. The fraction of sp³-hybridized carbons (Fsp3) is 0.200. The highest BCUT2D eigenvalue weighted by atomic mass is 16.1. The zero-order valence-corrected chi connectivity index (χ0v) is 14.7. The molecule has 3 heterocycles. The molecule has 1 aromatic carbocycles. The van der Waals surface area contributed by atoms with Crippen LogP contribution in [-0.2, 0) is 0 Å². The summed E-state index contributed by atoms with van der Waals surface area (Å²) < 4.78 is 0. The molecule has 4 rings (SSSR count). The van der Waals surface area contributed by atoms with Gasteiger partial charge in [-0.15, -0.1) is 10.2 Å². The summed E-state index contributed by atoms with van der Waals surface area (Å²) in [7, 11) is 0. The highest BCUT2D eigenvalue weighted by Crippen LogP contribution is 2.23. The van der Waals surface area contributed by atoms with E-state index in [1.807, 2.05) is 30.3 Å². The van der Waals surface area contributed by atoms with E-state index >= 15 is 0 Å². The standard InChI is InChI=1S/C20H19N5O2/c26-19-9-6-15(13-21-19)20(27)22-16-5-3-4-14(12-16)17-7-8-18(24-23-17)25-10-1-2-11-25/h3-9,12-13H,1-2,10-11H2,(H,21,26)(H,22,27). The van der Waals surface area contributed by atoms with Crippen LogP contribution < -0.4 is 15.8 Å². The lowest BCUT2D eigenvalue weighted by Crippen LogP contribution is -2.19. The number of amides is 1. The predicted octanol–water partition coefficient (Wildman–Crippen LogP) is 2.68. The van der Waals surface area contributed by atoms with Crippen molar-refractivity contribution in [3.05, 3.63) is 70.6 Å². The largest absolute Gasteiger partial charge is 0.355 e. The lowest BCUT2D eigenvalue weighted by atomic mass is 10.1. The van der Waals surface area contributed by atoms with E-state index in [0.717, 1.165) is 30.2 Å². The van der Waals surface area contributed by atoms with Crippen molar-refractivity contribution in [3.63, 3.8) is 0 Å². The van der Waals surface area contributed by atoms with Gasteiger partial charge in [-0.2, -0.15) is 0 Å². The van der Waals surface area contributed by atoms with E-state index in [4.69, 9.17) is 0 Å². The smallest absolute Gasteiger partial charge is 0.257 e. The van der Waals surface area contributed by atoms with E-state index in [1.54, 1.807) is 6.07 Å². The van der Waals surface area contributed by atoms with Crippen LogP contribution in [0.3, 0.4) is 0 Å². The molecule has 1 fully saturated rings. The number of nitrogens with zero attached hydrogens (tertiary/aromatic N) is 3. The first-order valence-corrected chi connectivity index (χ1v) is 8.88. The molecule has 0 atom stereocenters. The van der Waals surface area contributed by atoms with Crippen LogP contribution in [0.15, 0.2) is 59.5 Å². The average Bonchev–Trinajstić information content (AvgIpc) is 3.24. The van der Waals surface area contributed by atoms with Crippen molar-refractivity contribution in [2.45, 2.75) is 12.8 Å². The molecule has 7 heteroatoms. The first kappa shape index (κ1) is 17.0. The second-order valence-corrected chi connectivity index (χ2v) is 6.45. The Hall–Kier alpha value is -3.48. The maximum absolute atomic E-state index is 12.3. The summed E-state index contributed by atoms with van der Waals surface area (Å²) in [4.78, 5) is 28.1. The number of aromatic amines is 1. The van der Waals surface area contributed by atoms with Crippen LogP contribution in [0.25, 0.3) is 11.3 Å². The maximum atomic E-state index is 12.3. The molecule has 0 bridgehead atoms. The van der Waals surface area contributed by atoms with Crippen molar-refractivity contribution >= 4 is 17.4 Å². The SMILES string of the molecule is O=C(Nc1cccc(-c2ccc(N3CCCC3)nn2)c1)c1ccc(=O)[nH]c1. The summed E-state index contributed by atoms with van der Waals surface area (Å²) >= 11 is 0. The van der Waals surface area contributed by atoms with Crippen LogP contribution in [0.2, 0.25) is 0 Å². The number of hydrogen-bond donors (Lipinski definition) is 2. The lowest BCUT2D eigenvalue weighted by molar-refractivity contribution is 0.102. The van der Waals surface area contributed by atoms with Crippen molar-refractivity contribution in [3.8, 4) is 11.3 Å². The topological polar surface area (TPSA) is 91.0 Å². The molecular weight excluding hydrogens is 342 g/mol. The number of anilines is 2. The van der Waals surface area contributed by atoms with Crippen molar-refractivity contribution in [1.29, 1.82) is 0 Å². The first-order chi connectivity index (χ1) is 13.2. The molecular formula is C20H19N5O2. The molecule has 1 amide bonds. The number of benzene rings is 1. The molecule has 1 saturated heterocycles. The number of rotatable bonds is 4. The molecule has 0 saturated carbocycles. The van der Waals surface area contributed by atoms with E-state index in [1.165, 1.54) is 31.2 Å². The molecule has 2 N–H and O–H groups in total. The minimum atomic E-state index is -0.293. The van der Waals surface area contributed by atoms with Gasteiger partial charge in [0.1, 0.15) is 0 Å². The van der Waals surface area contributed by atoms with Gasteiger partial charge in [0.2, 0.25) is 5.56 Å². The number of nitrogens with one attached hydrogen (secondary N) is 2. The Kier molecular flexibility index (Phi) is 4.65. The minimum Gasteiger partial charge on any atom is -0.355 e. The second-order valence-electron chi connectivity index (χ2n) is 6.45. The Balaban J connectivity index is 1.51. The first-order valence-electron chi connectivity index (χ1n) is 8.88. The normalized spacial score (nSPS) is 13.6. The summed E-state index contributed by atoms with van der Waals surface area (Å²) in [6.07, 6.45) is 3.78. The molecule has 7 nitrogen and oxygen atoms in total. The molecule has 3 aromatic rings. The van der Waals surface area contributed by atoms with Gasteiger partial charge in [-0.1, -0.05) is 12.1 Å². The van der Waals surface area contributed by atoms with Gasteiger partial charge in [0.25, 0.3) is 5.91 Å². The summed E-state index contributed by atoms with van der Waals surface area (Å²) in [5, 5.41) is 11.5.